The molecule has 3 aromatic heterocycles. The van der Waals surface area contributed by atoms with Gasteiger partial charge in [0.15, 0.2) is 5.65 Å². The molecule has 0 aliphatic heterocycles. The predicted octanol–water partition coefficient (Wildman–Crippen LogP) is 1.21. The summed E-state index contributed by atoms with van der Waals surface area (Å²) in [4.78, 5) is 25.0. The van der Waals surface area contributed by atoms with E-state index in [1.54, 1.807) is 15.4 Å². The van der Waals surface area contributed by atoms with Crippen LogP contribution < -0.4 is 11.0 Å². The lowest BCUT2D eigenvalue weighted by Gasteiger charge is -2.12. The molecule has 0 aromatic carbocycles. The Morgan fingerprint density at radius 2 is 2.00 bits per heavy atom. The molecule has 0 unspecified atom stereocenters. The molecule has 0 radical (unpaired) electrons. The third-order valence-electron chi connectivity index (χ3n) is 3.93. The summed E-state index contributed by atoms with van der Waals surface area (Å²) < 4.78 is 3.39. The van der Waals surface area contributed by atoms with Gasteiger partial charge in [0.2, 0.25) is 0 Å². The van der Waals surface area contributed by atoms with E-state index in [1.165, 1.54) is 0 Å². The standard InChI is InChI=1S/C16H21N7O/c1-5-13-20-14(12-9-18-22(4)15(12)21-13)17-6-7-23-11(3)8-10(2)19-16(23)24/h8-9H,5-7H2,1-4H3,(H,17,20,21). The van der Waals surface area contributed by atoms with E-state index in [0.717, 1.165) is 40.5 Å². The Labute approximate surface area is 139 Å². The van der Waals surface area contributed by atoms with Gasteiger partial charge < -0.3 is 5.32 Å². The van der Waals surface area contributed by atoms with Crippen LogP contribution in [0.4, 0.5) is 5.82 Å². The van der Waals surface area contributed by atoms with Crippen molar-refractivity contribution in [1.82, 2.24) is 29.3 Å². The molecule has 0 aliphatic carbocycles. The first-order valence-electron chi connectivity index (χ1n) is 7.97. The Bertz CT molecular complexity index is 941. The smallest absolute Gasteiger partial charge is 0.348 e. The maximum atomic E-state index is 12.0. The van der Waals surface area contributed by atoms with Crippen LogP contribution in [0.3, 0.4) is 0 Å². The highest BCUT2D eigenvalue weighted by molar-refractivity contribution is 5.86. The summed E-state index contributed by atoms with van der Waals surface area (Å²) in [6.45, 7) is 6.83. The average molecular weight is 327 g/mol. The normalized spacial score (nSPS) is 11.2. The summed E-state index contributed by atoms with van der Waals surface area (Å²) in [5.74, 6) is 1.51. The van der Waals surface area contributed by atoms with Gasteiger partial charge >= 0.3 is 5.69 Å². The number of aryl methyl sites for hydroxylation is 4. The van der Waals surface area contributed by atoms with Gasteiger partial charge in [-0.2, -0.15) is 10.1 Å². The molecule has 8 heteroatoms. The van der Waals surface area contributed by atoms with Gasteiger partial charge in [-0.05, 0) is 19.9 Å². The molecule has 0 fully saturated rings. The monoisotopic (exact) mass is 327 g/mol. The molecule has 3 aromatic rings. The Morgan fingerprint density at radius 3 is 2.71 bits per heavy atom. The number of hydrogen-bond donors (Lipinski definition) is 1. The van der Waals surface area contributed by atoms with E-state index in [9.17, 15) is 4.79 Å². The lowest BCUT2D eigenvalue weighted by Crippen LogP contribution is -2.28. The van der Waals surface area contributed by atoms with Gasteiger partial charge in [0.1, 0.15) is 11.6 Å². The molecule has 3 rings (SSSR count). The third kappa shape index (κ3) is 2.99. The van der Waals surface area contributed by atoms with Gasteiger partial charge in [-0.25, -0.2) is 14.8 Å². The van der Waals surface area contributed by atoms with Crippen molar-refractivity contribution in [3.8, 4) is 0 Å². The topological polar surface area (TPSA) is 90.5 Å². The van der Waals surface area contributed by atoms with Crippen LogP contribution in [0, 0.1) is 13.8 Å². The number of aromatic nitrogens is 6. The number of nitrogens with zero attached hydrogens (tertiary/aromatic N) is 6. The molecule has 0 aliphatic rings. The molecule has 0 saturated carbocycles. The molecule has 3 heterocycles. The molecule has 0 saturated heterocycles. The van der Waals surface area contributed by atoms with E-state index in [0.29, 0.717) is 13.1 Å². The molecule has 24 heavy (non-hydrogen) atoms. The van der Waals surface area contributed by atoms with Crippen molar-refractivity contribution in [1.29, 1.82) is 0 Å². The molecule has 1 N–H and O–H groups in total. The van der Waals surface area contributed by atoms with Crippen LogP contribution >= 0.6 is 0 Å². The van der Waals surface area contributed by atoms with Gasteiger partial charge in [0.25, 0.3) is 0 Å². The molecule has 0 amide bonds. The quantitative estimate of drug-likeness (QED) is 0.757. The summed E-state index contributed by atoms with van der Waals surface area (Å²) in [6.07, 6.45) is 2.50. The predicted molar refractivity (Wildman–Crippen MR) is 92.1 cm³/mol. The minimum Gasteiger partial charge on any atom is -0.368 e. The maximum absolute atomic E-state index is 12.0. The molecule has 8 nitrogen and oxygen atoms in total. The van der Waals surface area contributed by atoms with E-state index >= 15 is 0 Å². The lowest BCUT2D eigenvalue weighted by atomic mass is 10.3. The summed E-state index contributed by atoms with van der Waals surface area (Å²) in [5, 5.41) is 8.42. The van der Waals surface area contributed by atoms with Crippen molar-refractivity contribution in [2.45, 2.75) is 33.7 Å². The van der Waals surface area contributed by atoms with Crippen molar-refractivity contribution in [3.05, 3.63) is 40.0 Å². The van der Waals surface area contributed by atoms with E-state index in [4.69, 9.17) is 0 Å². The second-order valence-electron chi connectivity index (χ2n) is 5.75. The number of hydrogen-bond acceptors (Lipinski definition) is 6. The summed E-state index contributed by atoms with van der Waals surface area (Å²) in [7, 11) is 1.86. The van der Waals surface area contributed by atoms with Crippen LogP contribution in [0.2, 0.25) is 0 Å². The van der Waals surface area contributed by atoms with Crippen LogP contribution in [-0.2, 0) is 20.0 Å². The van der Waals surface area contributed by atoms with E-state index < -0.39 is 0 Å². The Hall–Kier alpha value is -2.77. The van der Waals surface area contributed by atoms with Gasteiger partial charge in [-0.3, -0.25) is 9.25 Å². The van der Waals surface area contributed by atoms with Gasteiger partial charge in [0.05, 0.1) is 11.6 Å². The van der Waals surface area contributed by atoms with Crippen LogP contribution in [0.5, 0.6) is 0 Å². The van der Waals surface area contributed by atoms with E-state index in [1.807, 2.05) is 33.9 Å². The largest absolute Gasteiger partial charge is 0.368 e. The number of rotatable bonds is 5. The fraction of sp³-hybridized carbons (Fsp3) is 0.438. The van der Waals surface area contributed by atoms with Gasteiger partial charge in [0, 0.05) is 37.9 Å². The van der Waals surface area contributed by atoms with E-state index in [2.05, 4.69) is 25.4 Å². The van der Waals surface area contributed by atoms with Crippen molar-refractivity contribution in [2.75, 3.05) is 11.9 Å². The zero-order chi connectivity index (χ0) is 17.3. The van der Waals surface area contributed by atoms with Crippen molar-refractivity contribution in [3.63, 3.8) is 0 Å². The Kier molecular flexibility index (Phi) is 4.28. The highest BCUT2D eigenvalue weighted by Crippen LogP contribution is 2.19. The van der Waals surface area contributed by atoms with Crippen molar-refractivity contribution < 1.29 is 0 Å². The lowest BCUT2D eigenvalue weighted by molar-refractivity contribution is 0.647. The third-order valence-corrected chi connectivity index (χ3v) is 3.93. The highest BCUT2D eigenvalue weighted by atomic mass is 16.1. The summed E-state index contributed by atoms with van der Waals surface area (Å²) in [6, 6.07) is 1.90. The van der Waals surface area contributed by atoms with Crippen LogP contribution in [0.15, 0.2) is 17.1 Å². The Morgan fingerprint density at radius 1 is 1.21 bits per heavy atom. The zero-order valence-electron chi connectivity index (χ0n) is 14.4. The first kappa shape index (κ1) is 16.1. The molecule has 0 bridgehead atoms. The first-order chi connectivity index (χ1) is 11.5. The average Bonchev–Trinajstić information content (AvgIpc) is 2.91. The minimum absolute atomic E-state index is 0.224. The second-order valence-corrected chi connectivity index (χ2v) is 5.75. The molecular formula is C16H21N7O. The maximum Gasteiger partial charge on any atom is 0.348 e. The second kappa shape index (κ2) is 6.38. The fourth-order valence-corrected chi connectivity index (χ4v) is 2.69. The minimum atomic E-state index is -0.224. The first-order valence-corrected chi connectivity index (χ1v) is 7.97. The number of fused-ring (bicyclic) bond motifs is 1. The number of nitrogens with one attached hydrogen (secondary N) is 1. The van der Waals surface area contributed by atoms with Crippen LogP contribution in [0.1, 0.15) is 24.1 Å². The van der Waals surface area contributed by atoms with Crippen molar-refractivity contribution in [2.24, 2.45) is 7.05 Å². The fourth-order valence-electron chi connectivity index (χ4n) is 2.69. The zero-order valence-corrected chi connectivity index (χ0v) is 14.4. The Balaban J connectivity index is 1.83. The van der Waals surface area contributed by atoms with Gasteiger partial charge in [-0.1, -0.05) is 6.92 Å². The van der Waals surface area contributed by atoms with Crippen LogP contribution in [0.25, 0.3) is 11.0 Å². The van der Waals surface area contributed by atoms with Gasteiger partial charge in [-0.15, -0.1) is 0 Å². The van der Waals surface area contributed by atoms with Crippen molar-refractivity contribution >= 4 is 16.9 Å². The summed E-state index contributed by atoms with van der Waals surface area (Å²) >= 11 is 0. The SMILES string of the molecule is CCc1nc(NCCn2c(C)cc(C)nc2=O)c2cnn(C)c2n1. The molecule has 0 atom stereocenters. The molecule has 126 valence electrons. The highest BCUT2D eigenvalue weighted by Gasteiger charge is 2.11. The van der Waals surface area contributed by atoms with Crippen LogP contribution in [-0.4, -0.2) is 35.8 Å². The number of anilines is 1. The molecular weight excluding hydrogens is 306 g/mol. The van der Waals surface area contributed by atoms with E-state index in [-0.39, 0.29) is 5.69 Å². The molecule has 0 spiro atoms. The summed E-state index contributed by atoms with van der Waals surface area (Å²) in [5.41, 5.74) is 2.22.